The van der Waals surface area contributed by atoms with Crippen LogP contribution in [0.25, 0.3) is 10.9 Å². The minimum atomic E-state index is -0.790. The Labute approximate surface area is 149 Å². The van der Waals surface area contributed by atoms with Gasteiger partial charge in [0.15, 0.2) is 0 Å². The highest BCUT2D eigenvalue weighted by Gasteiger charge is 2.30. The molecule has 0 radical (unpaired) electrons. The topological polar surface area (TPSA) is 98.6 Å². The van der Waals surface area contributed by atoms with Crippen LogP contribution in [0, 0.1) is 0 Å². The van der Waals surface area contributed by atoms with Crippen molar-refractivity contribution in [2.45, 2.75) is 12.2 Å². The number of aliphatic hydroxyl groups is 2. The maximum absolute atomic E-state index is 12.6. The Morgan fingerprint density at radius 2 is 1.81 bits per heavy atom. The van der Waals surface area contributed by atoms with E-state index in [1.807, 2.05) is 29.2 Å². The fraction of sp³-hybridized carbons (Fsp3) is 0.211. The highest BCUT2D eigenvalue weighted by Crippen LogP contribution is 2.23. The van der Waals surface area contributed by atoms with Crippen molar-refractivity contribution in [3.63, 3.8) is 0 Å². The SMILES string of the molecule is O=C(Nc1cccc2cccnc12)c1cc(N2C[C@H](O)[C@@H](O)C2)ccn1. The zero-order valence-electron chi connectivity index (χ0n) is 13.9. The van der Waals surface area contributed by atoms with Crippen molar-refractivity contribution in [2.75, 3.05) is 23.3 Å². The first-order valence-electron chi connectivity index (χ1n) is 8.34. The van der Waals surface area contributed by atoms with Crippen LogP contribution in [-0.4, -0.2) is 51.4 Å². The number of nitrogens with one attached hydrogen (secondary N) is 1. The summed E-state index contributed by atoms with van der Waals surface area (Å²) >= 11 is 0. The molecule has 0 spiro atoms. The maximum atomic E-state index is 12.6. The number of aliphatic hydroxyl groups excluding tert-OH is 2. The van der Waals surface area contributed by atoms with Crippen molar-refractivity contribution < 1.29 is 15.0 Å². The zero-order chi connectivity index (χ0) is 18.1. The Balaban J connectivity index is 1.58. The fourth-order valence-corrected chi connectivity index (χ4v) is 3.11. The van der Waals surface area contributed by atoms with Crippen LogP contribution in [0.2, 0.25) is 0 Å². The van der Waals surface area contributed by atoms with Gasteiger partial charge in [0.05, 0.1) is 23.4 Å². The van der Waals surface area contributed by atoms with Gasteiger partial charge in [-0.2, -0.15) is 0 Å². The Bertz CT molecular complexity index is 947. The summed E-state index contributed by atoms with van der Waals surface area (Å²) in [6.07, 6.45) is 1.65. The Kier molecular flexibility index (Phi) is 4.24. The van der Waals surface area contributed by atoms with Gasteiger partial charge < -0.3 is 20.4 Å². The molecule has 0 saturated carbocycles. The minimum absolute atomic E-state index is 0.256. The van der Waals surface area contributed by atoms with Crippen LogP contribution in [0.15, 0.2) is 54.9 Å². The molecular formula is C19H18N4O3. The quantitative estimate of drug-likeness (QED) is 0.661. The smallest absolute Gasteiger partial charge is 0.274 e. The van der Waals surface area contributed by atoms with Crippen molar-refractivity contribution in [2.24, 2.45) is 0 Å². The van der Waals surface area contributed by atoms with Crippen molar-refractivity contribution >= 4 is 28.2 Å². The number of rotatable bonds is 3. The van der Waals surface area contributed by atoms with Crippen molar-refractivity contribution in [1.29, 1.82) is 0 Å². The molecule has 1 aliphatic heterocycles. The van der Waals surface area contributed by atoms with Crippen LogP contribution >= 0.6 is 0 Å². The molecule has 1 aliphatic rings. The lowest BCUT2D eigenvalue weighted by molar-refractivity contribution is 0.0572. The lowest BCUT2D eigenvalue weighted by Gasteiger charge is -2.18. The number of hydrogen-bond acceptors (Lipinski definition) is 6. The lowest BCUT2D eigenvalue weighted by atomic mass is 10.2. The molecular weight excluding hydrogens is 332 g/mol. The van der Waals surface area contributed by atoms with Gasteiger partial charge in [0, 0.05) is 36.6 Å². The van der Waals surface area contributed by atoms with E-state index in [1.165, 1.54) is 0 Å². The number of para-hydroxylation sites is 1. The number of fused-ring (bicyclic) bond motifs is 1. The number of hydrogen-bond donors (Lipinski definition) is 3. The average Bonchev–Trinajstić information content (AvgIpc) is 3.01. The highest BCUT2D eigenvalue weighted by atomic mass is 16.3. The van der Waals surface area contributed by atoms with Gasteiger partial charge in [-0.3, -0.25) is 14.8 Å². The van der Waals surface area contributed by atoms with E-state index in [1.54, 1.807) is 30.6 Å². The van der Waals surface area contributed by atoms with Gasteiger partial charge in [-0.05, 0) is 24.3 Å². The van der Waals surface area contributed by atoms with Crippen LogP contribution in [-0.2, 0) is 0 Å². The van der Waals surface area contributed by atoms with E-state index in [0.717, 1.165) is 11.1 Å². The number of amides is 1. The lowest BCUT2D eigenvalue weighted by Crippen LogP contribution is -2.22. The minimum Gasteiger partial charge on any atom is -0.389 e. The third kappa shape index (κ3) is 3.10. The van der Waals surface area contributed by atoms with E-state index >= 15 is 0 Å². The summed E-state index contributed by atoms with van der Waals surface area (Å²) in [7, 11) is 0. The number of anilines is 2. The molecule has 7 heteroatoms. The second kappa shape index (κ2) is 6.70. The van der Waals surface area contributed by atoms with Gasteiger partial charge in [0.1, 0.15) is 5.69 Å². The van der Waals surface area contributed by atoms with E-state index < -0.39 is 12.2 Å². The first-order valence-corrected chi connectivity index (χ1v) is 8.34. The third-order valence-corrected chi connectivity index (χ3v) is 4.48. The van der Waals surface area contributed by atoms with Crippen molar-refractivity contribution in [3.05, 3.63) is 60.6 Å². The van der Waals surface area contributed by atoms with Crippen LogP contribution in [0.4, 0.5) is 11.4 Å². The number of pyridine rings is 2. The molecule has 0 unspecified atom stereocenters. The van der Waals surface area contributed by atoms with Gasteiger partial charge in [-0.15, -0.1) is 0 Å². The molecule has 1 saturated heterocycles. The maximum Gasteiger partial charge on any atom is 0.274 e. The van der Waals surface area contributed by atoms with E-state index in [9.17, 15) is 15.0 Å². The number of carbonyl (C=O) groups excluding carboxylic acids is 1. The number of carbonyl (C=O) groups is 1. The molecule has 0 aliphatic carbocycles. The Morgan fingerprint density at radius 1 is 1.04 bits per heavy atom. The van der Waals surface area contributed by atoms with Crippen LogP contribution in [0.1, 0.15) is 10.5 Å². The number of β-amino-alcohol motifs (C(OH)–C–C–N with tert-alkyl or cyclic N) is 2. The summed E-state index contributed by atoms with van der Waals surface area (Å²) in [6.45, 7) is 0.638. The fourth-order valence-electron chi connectivity index (χ4n) is 3.11. The predicted molar refractivity (Wildman–Crippen MR) is 98.2 cm³/mol. The molecule has 26 heavy (non-hydrogen) atoms. The van der Waals surface area contributed by atoms with Gasteiger partial charge in [-0.25, -0.2) is 0 Å². The summed E-state index contributed by atoms with van der Waals surface area (Å²) in [5.74, 6) is -0.342. The molecule has 7 nitrogen and oxygen atoms in total. The number of aromatic nitrogens is 2. The second-order valence-corrected chi connectivity index (χ2v) is 6.27. The molecule has 3 N–H and O–H groups in total. The molecule has 0 bridgehead atoms. The molecule has 2 aromatic heterocycles. The first kappa shape index (κ1) is 16.4. The summed E-state index contributed by atoms with van der Waals surface area (Å²) < 4.78 is 0. The Morgan fingerprint density at radius 3 is 2.62 bits per heavy atom. The molecule has 4 rings (SSSR count). The van der Waals surface area contributed by atoms with E-state index in [2.05, 4.69) is 15.3 Å². The van der Waals surface area contributed by atoms with Crippen LogP contribution in [0.5, 0.6) is 0 Å². The molecule has 1 fully saturated rings. The normalized spacial score (nSPS) is 19.7. The van der Waals surface area contributed by atoms with E-state index in [-0.39, 0.29) is 11.6 Å². The second-order valence-electron chi connectivity index (χ2n) is 6.27. The third-order valence-electron chi connectivity index (χ3n) is 4.48. The summed E-state index contributed by atoms with van der Waals surface area (Å²) in [4.78, 5) is 22.9. The molecule has 3 aromatic rings. The predicted octanol–water partition coefficient (Wildman–Crippen LogP) is 1.42. The molecule has 1 aromatic carbocycles. The zero-order valence-corrected chi connectivity index (χ0v) is 13.9. The van der Waals surface area contributed by atoms with Crippen molar-refractivity contribution in [3.8, 4) is 0 Å². The van der Waals surface area contributed by atoms with Gasteiger partial charge in [-0.1, -0.05) is 18.2 Å². The molecule has 3 heterocycles. The van der Waals surface area contributed by atoms with E-state index in [0.29, 0.717) is 24.3 Å². The average molecular weight is 350 g/mol. The van der Waals surface area contributed by atoms with Gasteiger partial charge in [0.2, 0.25) is 0 Å². The molecule has 2 atom stereocenters. The van der Waals surface area contributed by atoms with Gasteiger partial charge in [0.25, 0.3) is 5.91 Å². The van der Waals surface area contributed by atoms with Gasteiger partial charge >= 0.3 is 0 Å². The first-order chi connectivity index (χ1) is 12.6. The number of benzene rings is 1. The highest BCUT2D eigenvalue weighted by molar-refractivity contribution is 6.07. The van der Waals surface area contributed by atoms with Crippen LogP contribution in [0.3, 0.4) is 0 Å². The monoisotopic (exact) mass is 350 g/mol. The van der Waals surface area contributed by atoms with Crippen LogP contribution < -0.4 is 10.2 Å². The molecule has 132 valence electrons. The largest absolute Gasteiger partial charge is 0.389 e. The summed E-state index contributed by atoms with van der Waals surface area (Å²) in [5, 5.41) is 23.2. The summed E-state index contributed by atoms with van der Waals surface area (Å²) in [6, 6.07) is 12.8. The van der Waals surface area contributed by atoms with E-state index in [4.69, 9.17) is 0 Å². The summed E-state index contributed by atoms with van der Waals surface area (Å²) in [5.41, 5.74) is 2.32. The number of nitrogens with zero attached hydrogens (tertiary/aromatic N) is 3. The molecule has 1 amide bonds. The van der Waals surface area contributed by atoms with Crippen molar-refractivity contribution in [1.82, 2.24) is 9.97 Å². The standard InChI is InChI=1S/C19H18N4O3/c24-16-10-23(11-17(16)25)13-6-8-20-15(9-13)19(26)22-14-5-1-3-12-4-2-7-21-18(12)14/h1-9,16-17,24-25H,10-11H2,(H,22,26)/t16-,17-/m0/s1. The Hall–Kier alpha value is -3.03.